The van der Waals surface area contributed by atoms with Gasteiger partial charge in [-0.1, -0.05) is 19.9 Å². The number of likely N-dealkylation sites (tertiary alicyclic amines) is 1. The van der Waals surface area contributed by atoms with Crippen molar-refractivity contribution in [3.05, 3.63) is 33.9 Å². The molecule has 0 radical (unpaired) electrons. The van der Waals surface area contributed by atoms with E-state index in [-0.39, 0.29) is 5.69 Å². The van der Waals surface area contributed by atoms with Crippen LogP contribution in [-0.4, -0.2) is 42.7 Å². The van der Waals surface area contributed by atoms with Gasteiger partial charge in [0.05, 0.1) is 18.1 Å². The third-order valence-electron chi connectivity index (χ3n) is 4.05. The molecule has 0 amide bonds. The van der Waals surface area contributed by atoms with Gasteiger partial charge in [-0.25, -0.2) is 0 Å². The standard InChI is InChI=1S/C17H26N2O4/c1-13(2)12-23-15-6-8-18(9-7-15)11-14-4-5-17(22-3)16(10-14)19(20)21/h4-5,10,13,15H,6-9,11-12H2,1-3H3. The van der Waals surface area contributed by atoms with Gasteiger partial charge in [-0.2, -0.15) is 0 Å². The van der Waals surface area contributed by atoms with E-state index in [0.717, 1.165) is 44.6 Å². The molecule has 0 saturated carbocycles. The molecule has 0 atom stereocenters. The lowest BCUT2D eigenvalue weighted by Gasteiger charge is -2.32. The van der Waals surface area contributed by atoms with Crippen LogP contribution in [0.3, 0.4) is 0 Å². The molecule has 128 valence electrons. The summed E-state index contributed by atoms with van der Waals surface area (Å²) < 4.78 is 10.9. The Morgan fingerprint density at radius 3 is 2.61 bits per heavy atom. The van der Waals surface area contributed by atoms with Crippen molar-refractivity contribution in [1.82, 2.24) is 4.90 Å². The SMILES string of the molecule is COc1ccc(CN2CCC(OCC(C)C)CC2)cc1[N+](=O)[O-]. The summed E-state index contributed by atoms with van der Waals surface area (Å²) in [5.74, 6) is 0.868. The smallest absolute Gasteiger partial charge is 0.311 e. The highest BCUT2D eigenvalue weighted by Crippen LogP contribution is 2.28. The van der Waals surface area contributed by atoms with E-state index in [2.05, 4.69) is 18.7 Å². The highest BCUT2D eigenvalue weighted by molar-refractivity contribution is 5.48. The molecule has 6 nitrogen and oxygen atoms in total. The Balaban J connectivity index is 1.89. The zero-order chi connectivity index (χ0) is 16.8. The van der Waals surface area contributed by atoms with Crippen LogP contribution >= 0.6 is 0 Å². The van der Waals surface area contributed by atoms with Crippen molar-refractivity contribution in [2.45, 2.75) is 39.3 Å². The minimum absolute atomic E-state index is 0.0279. The van der Waals surface area contributed by atoms with E-state index in [1.165, 1.54) is 7.11 Å². The molecule has 1 heterocycles. The van der Waals surface area contributed by atoms with Crippen molar-refractivity contribution in [3.63, 3.8) is 0 Å². The molecule has 0 unspecified atom stereocenters. The highest BCUT2D eigenvalue weighted by atomic mass is 16.6. The number of hydrogen-bond donors (Lipinski definition) is 0. The van der Waals surface area contributed by atoms with E-state index in [1.54, 1.807) is 12.1 Å². The summed E-state index contributed by atoms with van der Waals surface area (Å²) in [6.45, 7) is 7.78. The molecule has 1 aliphatic rings. The topological polar surface area (TPSA) is 64.8 Å². The van der Waals surface area contributed by atoms with Crippen molar-refractivity contribution in [2.24, 2.45) is 5.92 Å². The fourth-order valence-corrected chi connectivity index (χ4v) is 2.80. The van der Waals surface area contributed by atoms with Crippen molar-refractivity contribution in [1.29, 1.82) is 0 Å². The number of piperidine rings is 1. The number of rotatable bonds is 7. The van der Waals surface area contributed by atoms with Crippen molar-refractivity contribution in [3.8, 4) is 5.75 Å². The first kappa shape index (κ1) is 17.7. The summed E-state index contributed by atoms with van der Waals surface area (Å²) >= 11 is 0. The van der Waals surface area contributed by atoms with Gasteiger partial charge in [-0.05, 0) is 30.4 Å². The molecule has 0 aromatic heterocycles. The van der Waals surface area contributed by atoms with Gasteiger partial charge in [0.2, 0.25) is 0 Å². The normalized spacial score (nSPS) is 16.7. The molecule has 1 fully saturated rings. The monoisotopic (exact) mass is 322 g/mol. The van der Waals surface area contributed by atoms with Gasteiger partial charge >= 0.3 is 5.69 Å². The van der Waals surface area contributed by atoms with Crippen LogP contribution in [0.5, 0.6) is 5.75 Å². The number of benzene rings is 1. The first-order chi connectivity index (χ1) is 11.0. The number of nitro benzene ring substituents is 1. The summed E-state index contributed by atoms with van der Waals surface area (Å²) in [6.07, 6.45) is 2.38. The Morgan fingerprint density at radius 1 is 1.35 bits per heavy atom. The molecule has 6 heteroatoms. The minimum atomic E-state index is -0.395. The third-order valence-corrected chi connectivity index (χ3v) is 4.05. The second kappa shape index (κ2) is 8.26. The summed E-state index contributed by atoms with van der Waals surface area (Å²) in [7, 11) is 1.45. The van der Waals surface area contributed by atoms with Crippen LogP contribution in [0.1, 0.15) is 32.3 Å². The van der Waals surface area contributed by atoms with Gasteiger partial charge in [-0.15, -0.1) is 0 Å². The van der Waals surface area contributed by atoms with E-state index in [4.69, 9.17) is 9.47 Å². The Morgan fingerprint density at radius 2 is 2.04 bits per heavy atom. The number of nitro groups is 1. The van der Waals surface area contributed by atoms with Crippen molar-refractivity contribution >= 4 is 5.69 Å². The van der Waals surface area contributed by atoms with Crippen LogP contribution in [0.4, 0.5) is 5.69 Å². The van der Waals surface area contributed by atoms with Crippen LogP contribution in [0.25, 0.3) is 0 Å². The minimum Gasteiger partial charge on any atom is -0.490 e. The molecule has 23 heavy (non-hydrogen) atoms. The summed E-state index contributed by atoms with van der Waals surface area (Å²) in [6, 6.07) is 5.18. The lowest BCUT2D eigenvalue weighted by molar-refractivity contribution is -0.385. The average Bonchev–Trinajstić information content (AvgIpc) is 2.54. The van der Waals surface area contributed by atoms with Crippen LogP contribution < -0.4 is 4.74 Å². The molecule has 0 aliphatic carbocycles. The Bertz CT molecular complexity index is 525. The number of methoxy groups -OCH3 is 1. The highest BCUT2D eigenvalue weighted by Gasteiger charge is 2.21. The number of nitrogens with zero attached hydrogens (tertiary/aromatic N) is 2. The molecular formula is C17H26N2O4. The predicted octanol–water partition coefficient (Wildman–Crippen LogP) is 3.24. The van der Waals surface area contributed by atoms with E-state index in [0.29, 0.717) is 17.8 Å². The fourth-order valence-electron chi connectivity index (χ4n) is 2.80. The molecule has 1 saturated heterocycles. The molecule has 2 rings (SSSR count). The van der Waals surface area contributed by atoms with Gasteiger partial charge in [-0.3, -0.25) is 15.0 Å². The lowest BCUT2D eigenvalue weighted by atomic mass is 10.1. The van der Waals surface area contributed by atoms with Crippen LogP contribution in [0.2, 0.25) is 0 Å². The summed E-state index contributed by atoms with van der Waals surface area (Å²) in [5, 5.41) is 11.1. The predicted molar refractivity (Wildman–Crippen MR) is 88.7 cm³/mol. The van der Waals surface area contributed by atoms with Crippen LogP contribution in [0.15, 0.2) is 18.2 Å². The van der Waals surface area contributed by atoms with Gasteiger partial charge in [0.25, 0.3) is 0 Å². The first-order valence-electron chi connectivity index (χ1n) is 8.15. The molecule has 1 aliphatic heterocycles. The van der Waals surface area contributed by atoms with Crippen molar-refractivity contribution in [2.75, 3.05) is 26.8 Å². The van der Waals surface area contributed by atoms with E-state index in [1.807, 2.05) is 6.07 Å². The maximum Gasteiger partial charge on any atom is 0.311 e. The summed E-state index contributed by atoms with van der Waals surface area (Å²) in [5.41, 5.74) is 0.971. The molecule has 0 spiro atoms. The number of hydrogen-bond acceptors (Lipinski definition) is 5. The zero-order valence-corrected chi connectivity index (χ0v) is 14.2. The van der Waals surface area contributed by atoms with Crippen LogP contribution in [0, 0.1) is 16.0 Å². The third kappa shape index (κ3) is 5.18. The van der Waals surface area contributed by atoms with Gasteiger partial charge in [0.1, 0.15) is 0 Å². The van der Waals surface area contributed by atoms with Crippen molar-refractivity contribution < 1.29 is 14.4 Å². The maximum absolute atomic E-state index is 11.1. The zero-order valence-electron chi connectivity index (χ0n) is 14.2. The maximum atomic E-state index is 11.1. The fraction of sp³-hybridized carbons (Fsp3) is 0.647. The Kier molecular flexibility index (Phi) is 6.36. The molecule has 0 bridgehead atoms. The average molecular weight is 322 g/mol. The van der Waals surface area contributed by atoms with E-state index in [9.17, 15) is 10.1 Å². The van der Waals surface area contributed by atoms with Gasteiger partial charge < -0.3 is 9.47 Å². The second-order valence-corrected chi connectivity index (χ2v) is 6.47. The van der Waals surface area contributed by atoms with Gasteiger partial charge in [0.15, 0.2) is 5.75 Å². The molecule has 1 aromatic rings. The largest absolute Gasteiger partial charge is 0.490 e. The second-order valence-electron chi connectivity index (χ2n) is 6.47. The number of ether oxygens (including phenoxy) is 2. The summed E-state index contributed by atoms with van der Waals surface area (Å²) in [4.78, 5) is 13.0. The van der Waals surface area contributed by atoms with E-state index >= 15 is 0 Å². The van der Waals surface area contributed by atoms with Gasteiger partial charge in [0, 0.05) is 32.3 Å². The quantitative estimate of drug-likeness (QED) is 0.569. The Labute approximate surface area is 137 Å². The molecule has 0 N–H and O–H groups in total. The van der Waals surface area contributed by atoms with Crippen LogP contribution in [-0.2, 0) is 11.3 Å². The van der Waals surface area contributed by atoms with E-state index < -0.39 is 4.92 Å². The lowest BCUT2D eigenvalue weighted by Crippen LogP contribution is -2.37. The Hall–Kier alpha value is -1.66. The molecular weight excluding hydrogens is 296 g/mol. The first-order valence-corrected chi connectivity index (χ1v) is 8.15. The molecule has 1 aromatic carbocycles.